The Hall–Kier alpha value is -1.38. The molecule has 0 heterocycles. The molecule has 3 rings (SSSR count). The van der Waals surface area contributed by atoms with Gasteiger partial charge in [-0.1, -0.05) is 11.6 Å². The van der Waals surface area contributed by atoms with Crippen LogP contribution in [0.25, 0.3) is 0 Å². The average molecular weight is 247 g/mol. The fourth-order valence-corrected chi connectivity index (χ4v) is 2.75. The first-order valence-electron chi connectivity index (χ1n) is 6.65. The molecule has 1 aromatic carbocycles. The lowest BCUT2D eigenvalue weighted by Crippen LogP contribution is -2.31. The lowest BCUT2D eigenvalue weighted by Gasteiger charge is -2.15. The molecule has 0 spiro atoms. The Bertz CT molecular complexity index is 489. The Morgan fingerprint density at radius 1 is 1.44 bits per heavy atom. The van der Waals surface area contributed by atoms with Crippen molar-refractivity contribution in [2.24, 2.45) is 11.3 Å². The summed E-state index contributed by atoms with van der Waals surface area (Å²) in [5.74, 6) is 0.0950. The summed E-state index contributed by atoms with van der Waals surface area (Å²) in [4.78, 5) is 12.0. The van der Waals surface area contributed by atoms with E-state index in [1.807, 2.05) is 6.92 Å². The smallest absolute Gasteiger partial charge is 0.254 e. The standard InChI is InChI=1S/C15H18FNO/c1-10-2-5-13(16)12(8-10)14(18)17-9-15(6-7-15)11-3-4-11/h2,5,8,11H,3-4,6-7,9H2,1H3,(H,17,18). The number of aryl methyl sites for hydroxylation is 1. The highest BCUT2D eigenvalue weighted by Crippen LogP contribution is 2.60. The van der Waals surface area contributed by atoms with Gasteiger partial charge in [0.1, 0.15) is 5.82 Å². The molecule has 2 aliphatic carbocycles. The van der Waals surface area contributed by atoms with Crippen LogP contribution in [0.15, 0.2) is 18.2 Å². The van der Waals surface area contributed by atoms with Crippen LogP contribution >= 0.6 is 0 Å². The van der Waals surface area contributed by atoms with Gasteiger partial charge in [0.25, 0.3) is 5.91 Å². The second-order valence-electron chi connectivity index (χ2n) is 5.80. The van der Waals surface area contributed by atoms with Crippen molar-refractivity contribution in [3.63, 3.8) is 0 Å². The van der Waals surface area contributed by atoms with E-state index in [9.17, 15) is 9.18 Å². The largest absolute Gasteiger partial charge is 0.351 e. The van der Waals surface area contributed by atoms with Crippen molar-refractivity contribution in [1.82, 2.24) is 5.32 Å². The minimum absolute atomic E-state index is 0.168. The molecular formula is C15H18FNO. The molecule has 0 saturated heterocycles. The summed E-state index contributed by atoms with van der Waals surface area (Å²) in [5.41, 5.74) is 1.43. The number of rotatable bonds is 4. The summed E-state index contributed by atoms with van der Waals surface area (Å²) in [7, 11) is 0. The average Bonchev–Trinajstić information content (AvgIpc) is 3.21. The fraction of sp³-hybridized carbons (Fsp3) is 0.533. The summed E-state index contributed by atoms with van der Waals surface area (Å²) >= 11 is 0. The van der Waals surface area contributed by atoms with Gasteiger partial charge in [0.15, 0.2) is 0 Å². The molecule has 2 saturated carbocycles. The summed E-state index contributed by atoms with van der Waals surface area (Å²) < 4.78 is 13.6. The van der Waals surface area contributed by atoms with Crippen LogP contribution in [0.3, 0.4) is 0 Å². The maximum Gasteiger partial charge on any atom is 0.254 e. The zero-order chi connectivity index (χ0) is 12.8. The monoisotopic (exact) mass is 247 g/mol. The third-order valence-corrected chi connectivity index (χ3v) is 4.30. The number of amides is 1. The number of benzene rings is 1. The molecule has 1 aromatic rings. The molecule has 1 N–H and O–H groups in total. The topological polar surface area (TPSA) is 29.1 Å². The third kappa shape index (κ3) is 2.14. The van der Waals surface area contributed by atoms with Crippen LogP contribution in [0.2, 0.25) is 0 Å². The molecule has 0 aromatic heterocycles. The van der Waals surface area contributed by atoms with Crippen LogP contribution in [0.1, 0.15) is 41.6 Å². The minimum atomic E-state index is -0.436. The summed E-state index contributed by atoms with van der Waals surface area (Å²) in [6.07, 6.45) is 5.03. The third-order valence-electron chi connectivity index (χ3n) is 4.30. The van der Waals surface area contributed by atoms with E-state index in [2.05, 4.69) is 5.32 Å². The van der Waals surface area contributed by atoms with E-state index in [1.165, 1.54) is 31.7 Å². The lowest BCUT2D eigenvalue weighted by molar-refractivity contribution is 0.0938. The summed E-state index contributed by atoms with van der Waals surface area (Å²) in [6.45, 7) is 2.58. The fourth-order valence-electron chi connectivity index (χ4n) is 2.75. The maximum atomic E-state index is 13.6. The van der Waals surface area contributed by atoms with Crippen LogP contribution in [-0.2, 0) is 0 Å². The molecule has 96 valence electrons. The number of hydrogen-bond acceptors (Lipinski definition) is 1. The quantitative estimate of drug-likeness (QED) is 0.870. The number of hydrogen-bond donors (Lipinski definition) is 1. The van der Waals surface area contributed by atoms with Crippen LogP contribution in [0.5, 0.6) is 0 Å². The van der Waals surface area contributed by atoms with Crippen molar-refractivity contribution in [3.8, 4) is 0 Å². The van der Waals surface area contributed by atoms with Gasteiger partial charge in [-0.3, -0.25) is 4.79 Å². The highest BCUT2D eigenvalue weighted by atomic mass is 19.1. The summed E-state index contributed by atoms with van der Waals surface area (Å²) in [5, 5.41) is 2.91. The van der Waals surface area contributed by atoms with Gasteiger partial charge in [0.05, 0.1) is 5.56 Å². The summed E-state index contributed by atoms with van der Waals surface area (Å²) in [6, 6.07) is 4.65. The van der Waals surface area contributed by atoms with Gasteiger partial charge < -0.3 is 5.32 Å². The number of nitrogens with one attached hydrogen (secondary N) is 1. The van der Waals surface area contributed by atoms with E-state index in [1.54, 1.807) is 12.1 Å². The van der Waals surface area contributed by atoms with Crippen molar-refractivity contribution >= 4 is 5.91 Å². The van der Waals surface area contributed by atoms with E-state index in [-0.39, 0.29) is 11.5 Å². The zero-order valence-electron chi connectivity index (χ0n) is 10.6. The van der Waals surface area contributed by atoms with Crippen molar-refractivity contribution < 1.29 is 9.18 Å². The molecule has 2 nitrogen and oxygen atoms in total. The van der Waals surface area contributed by atoms with Gasteiger partial charge in [-0.15, -0.1) is 0 Å². The molecule has 0 aliphatic heterocycles. The molecule has 1 amide bonds. The SMILES string of the molecule is Cc1ccc(F)c(C(=O)NCC2(C3CC3)CC2)c1. The zero-order valence-corrected chi connectivity index (χ0v) is 10.6. The van der Waals surface area contributed by atoms with Crippen molar-refractivity contribution in [2.75, 3.05) is 6.54 Å². The Balaban J connectivity index is 1.65. The molecule has 2 fully saturated rings. The number of carbonyl (C=O) groups excluding carboxylic acids is 1. The predicted octanol–water partition coefficient (Wildman–Crippen LogP) is 3.05. The van der Waals surface area contributed by atoms with E-state index in [0.29, 0.717) is 12.0 Å². The molecule has 0 atom stereocenters. The number of halogens is 1. The molecule has 18 heavy (non-hydrogen) atoms. The molecular weight excluding hydrogens is 229 g/mol. The van der Waals surface area contributed by atoms with Crippen molar-refractivity contribution in [2.45, 2.75) is 32.6 Å². The highest BCUT2D eigenvalue weighted by Gasteiger charge is 2.53. The van der Waals surface area contributed by atoms with Crippen LogP contribution in [0.4, 0.5) is 4.39 Å². The van der Waals surface area contributed by atoms with E-state index in [0.717, 1.165) is 11.5 Å². The molecule has 2 aliphatic rings. The molecule has 0 bridgehead atoms. The van der Waals surface area contributed by atoms with E-state index < -0.39 is 5.82 Å². The van der Waals surface area contributed by atoms with Crippen LogP contribution in [-0.4, -0.2) is 12.5 Å². The van der Waals surface area contributed by atoms with Gasteiger partial charge in [-0.05, 0) is 56.1 Å². The second kappa shape index (κ2) is 4.08. The Morgan fingerprint density at radius 3 is 2.78 bits per heavy atom. The van der Waals surface area contributed by atoms with Gasteiger partial charge >= 0.3 is 0 Å². The van der Waals surface area contributed by atoms with Gasteiger partial charge in [0.2, 0.25) is 0 Å². The van der Waals surface area contributed by atoms with Crippen molar-refractivity contribution in [1.29, 1.82) is 0 Å². The Morgan fingerprint density at radius 2 is 2.17 bits per heavy atom. The molecule has 0 radical (unpaired) electrons. The molecule has 3 heteroatoms. The lowest BCUT2D eigenvalue weighted by atomic mass is 10.0. The van der Waals surface area contributed by atoms with E-state index >= 15 is 0 Å². The van der Waals surface area contributed by atoms with Gasteiger partial charge in [-0.2, -0.15) is 0 Å². The minimum Gasteiger partial charge on any atom is -0.351 e. The van der Waals surface area contributed by atoms with Gasteiger partial charge in [-0.25, -0.2) is 4.39 Å². The van der Waals surface area contributed by atoms with E-state index in [4.69, 9.17) is 0 Å². The first-order valence-corrected chi connectivity index (χ1v) is 6.65. The van der Waals surface area contributed by atoms with Crippen LogP contribution in [0, 0.1) is 24.1 Å². The van der Waals surface area contributed by atoms with Crippen molar-refractivity contribution in [3.05, 3.63) is 35.1 Å². The highest BCUT2D eigenvalue weighted by molar-refractivity contribution is 5.94. The Kier molecular flexibility index (Phi) is 2.65. The predicted molar refractivity (Wildman–Crippen MR) is 67.9 cm³/mol. The first kappa shape index (κ1) is 11.7. The van der Waals surface area contributed by atoms with Gasteiger partial charge in [0, 0.05) is 6.54 Å². The maximum absolute atomic E-state index is 13.6. The second-order valence-corrected chi connectivity index (χ2v) is 5.80. The molecule has 0 unspecified atom stereocenters. The normalized spacial score (nSPS) is 20.6. The first-order chi connectivity index (χ1) is 8.61. The van der Waals surface area contributed by atoms with Crippen LogP contribution < -0.4 is 5.32 Å². The number of carbonyl (C=O) groups is 1. The Labute approximate surface area is 107 Å².